The van der Waals surface area contributed by atoms with Crippen LogP contribution in [0.3, 0.4) is 0 Å². The van der Waals surface area contributed by atoms with Gasteiger partial charge in [0.25, 0.3) is 0 Å². The summed E-state index contributed by atoms with van der Waals surface area (Å²) in [7, 11) is 0. The summed E-state index contributed by atoms with van der Waals surface area (Å²) in [5, 5.41) is 12.5. The van der Waals surface area contributed by atoms with E-state index in [0.29, 0.717) is 10.6 Å². The number of benzene rings is 1. The molecule has 2 aromatic rings. The summed E-state index contributed by atoms with van der Waals surface area (Å²) in [6.45, 7) is 0.812. The van der Waals surface area contributed by atoms with E-state index >= 15 is 0 Å². The Morgan fingerprint density at radius 2 is 2.00 bits per heavy atom. The molecular formula is C14H12ClN3. The molecule has 0 atom stereocenters. The zero-order valence-electron chi connectivity index (χ0n) is 9.73. The highest BCUT2D eigenvalue weighted by atomic mass is 35.5. The molecular weight excluding hydrogens is 246 g/mol. The molecule has 18 heavy (non-hydrogen) atoms. The summed E-state index contributed by atoms with van der Waals surface area (Å²) in [5.74, 6) is 0. The van der Waals surface area contributed by atoms with Gasteiger partial charge in [-0.3, -0.25) is 4.98 Å². The highest BCUT2D eigenvalue weighted by molar-refractivity contribution is 6.32. The lowest BCUT2D eigenvalue weighted by Gasteiger charge is -2.07. The van der Waals surface area contributed by atoms with Crippen molar-refractivity contribution in [3.05, 3.63) is 58.9 Å². The summed E-state index contributed by atoms with van der Waals surface area (Å²) in [6, 6.07) is 11.4. The van der Waals surface area contributed by atoms with Crippen LogP contribution in [0.4, 0.5) is 5.69 Å². The normalized spacial score (nSPS) is 9.78. The molecule has 1 aromatic heterocycles. The summed E-state index contributed by atoms with van der Waals surface area (Å²) in [5.41, 5.74) is 2.65. The number of hydrogen-bond donors (Lipinski definition) is 1. The lowest BCUT2D eigenvalue weighted by molar-refractivity contribution is 1.01. The molecule has 0 saturated heterocycles. The zero-order chi connectivity index (χ0) is 12.8. The van der Waals surface area contributed by atoms with Gasteiger partial charge in [0, 0.05) is 24.6 Å². The predicted molar refractivity (Wildman–Crippen MR) is 72.6 cm³/mol. The zero-order valence-corrected chi connectivity index (χ0v) is 10.5. The molecule has 90 valence electrons. The molecule has 0 amide bonds. The molecule has 2 rings (SSSR count). The molecule has 3 nitrogen and oxygen atoms in total. The van der Waals surface area contributed by atoms with E-state index in [4.69, 9.17) is 16.9 Å². The van der Waals surface area contributed by atoms with Gasteiger partial charge in [0.2, 0.25) is 0 Å². The maximum absolute atomic E-state index is 8.77. The lowest BCUT2D eigenvalue weighted by atomic mass is 10.2. The topological polar surface area (TPSA) is 48.7 Å². The van der Waals surface area contributed by atoms with Crippen LogP contribution in [0.5, 0.6) is 0 Å². The SMILES string of the molecule is N#Cc1ccc(NCCc2ccncc2)cc1Cl. The second-order valence-corrected chi connectivity index (χ2v) is 4.25. The largest absolute Gasteiger partial charge is 0.385 e. The number of halogens is 1. The van der Waals surface area contributed by atoms with Crippen molar-refractivity contribution >= 4 is 17.3 Å². The molecule has 1 N–H and O–H groups in total. The Labute approximate surface area is 111 Å². The minimum absolute atomic E-state index is 0.478. The van der Waals surface area contributed by atoms with E-state index in [9.17, 15) is 0 Å². The van der Waals surface area contributed by atoms with E-state index in [-0.39, 0.29) is 0 Å². The minimum atomic E-state index is 0.478. The Hall–Kier alpha value is -2.05. The van der Waals surface area contributed by atoms with Crippen LogP contribution in [-0.4, -0.2) is 11.5 Å². The van der Waals surface area contributed by atoms with Gasteiger partial charge in [-0.15, -0.1) is 0 Å². The smallest absolute Gasteiger partial charge is 0.101 e. The Kier molecular flexibility index (Phi) is 4.16. The van der Waals surface area contributed by atoms with Crippen molar-refractivity contribution in [1.29, 1.82) is 5.26 Å². The van der Waals surface area contributed by atoms with Crippen LogP contribution < -0.4 is 5.32 Å². The van der Waals surface area contributed by atoms with Crippen molar-refractivity contribution in [1.82, 2.24) is 4.98 Å². The number of hydrogen-bond acceptors (Lipinski definition) is 3. The molecule has 0 bridgehead atoms. The molecule has 0 aliphatic rings. The van der Waals surface area contributed by atoms with E-state index in [1.807, 2.05) is 24.3 Å². The van der Waals surface area contributed by atoms with Crippen LogP contribution in [0, 0.1) is 11.3 Å². The number of aromatic nitrogens is 1. The quantitative estimate of drug-likeness (QED) is 0.915. The molecule has 0 aliphatic heterocycles. The Balaban J connectivity index is 1.91. The van der Waals surface area contributed by atoms with Gasteiger partial charge in [-0.2, -0.15) is 5.26 Å². The van der Waals surface area contributed by atoms with Crippen molar-refractivity contribution in [2.24, 2.45) is 0 Å². The number of nitrogens with one attached hydrogen (secondary N) is 1. The van der Waals surface area contributed by atoms with Crippen LogP contribution >= 0.6 is 11.6 Å². The van der Waals surface area contributed by atoms with Crippen LogP contribution in [0.25, 0.3) is 0 Å². The first kappa shape index (κ1) is 12.4. The third-order valence-corrected chi connectivity index (χ3v) is 2.89. The minimum Gasteiger partial charge on any atom is -0.385 e. The van der Waals surface area contributed by atoms with Gasteiger partial charge in [0.05, 0.1) is 10.6 Å². The standard InChI is InChI=1S/C14H12ClN3/c15-14-9-13(2-1-12(14)10-16)18-8-5-11-3-6-17-7-4-11/h1-4,6-7,9,18H,5,8H2. The molecule has 0 saturated carbocycles. The van der Waals surface area contributed by atoms with Gasteiger partial charge < -0.3 is 5.32 Å². The van der Waals surface area contributed by atoms with Gasteiger partial charge in [-0.25, -0.2) is 0 Å². The summed E-state index contributed by atoms with van der Waals surface area (Å²) in [6.07, 6.45) is 4.49. The average molecular weight is 258 g/mol. The van der Waals surface area contributed by atoms with Crippen molar-refractivity contribution in [3.8, 4) is 6.07 Å². The third kappa shape index (κ3) is 3.22. The maximum atomic E-state index is 8.77. The fourth-order valence-corrected chi connectivity index (χ4v) is 1.84. The van der Waals surface area contributed by atoms with Crippen LogP contribution in [0.15, 0.2) is 42.7 Å². The number of nitriles is 1. The first-order chi connectivity index (χ1) is 8.79. The fourth-order valence-electron chi connectivity index (χ4n) is 1.62. The molecule has 0 radical (unpaired) electrons. The third-order valence-electron chi connectivity index (χ3n) is 2.58. The summed E-state index contributed by atoms with van der Waals surface area (Å²) < 4.78 is 0. The first-order valence-electron chi connectivity index (χ1n) is 5.62. The molecule has 0 aliphatic carbocycles. The van der Waals surface area contributed by atoms with Gasteiger partial charge in [-0.1, -0.05) is 11.6 Å². The Morgan fingerprint density at radius 3 is 2.67 bits per heavy atom. The number of anilines is 1. The van der Waals surface area contributed by atoms with E-state index in [0.717, 1.165) is 18.7 Å². The second-order valence-electron chi connectivity index (χ2n) is 3.84. The van der Waals surface area contributed by atoms with E-state index < -0.39 is 0 Å². The van der Waals surface area contributed by atoms with Crippen molar-refractivity contribution in [2.45, 2.75) is 6.42 Å². The van der Waals surface area contributed by atoms with E-state index in [1.165, 1.54) is 5.56 Å². The molecule has 0 unspecified atom stereocenters. The summed E-state index contributed by atoms with van der Waals surface area (Å²) in [4.78, 5) is 3.97. The van der Waals surface area contributed by atoms with Gasteiger partial charge in [0.1, 0.15) is 6.07 Å². The highest BCUT2D eigenvalue weighted by Gasteiger charge is 2.00. The maximum Gasteiger partial charge on any atom is 0.101 e. The lowest BCUT2D eigenvalue weighted by Crippen LogP contribution is -2.04. The predicted octanol–water partition coefficient (Wildman–Crippen LogP) is 3.26. The van der Waals surface area contributed by atoms with E-state index in [2.05, 4.69) is 10.3 Å². The van der Waals surface area contributed by atoms with Crippen molar-refractivity contribution in [3.63, 3.8) is 0 Å². The van der Waals surface area contributed by atoms with Crippen LogP contribution in [0.2, 0.25) is 5.02 Å². The van der Waals surface area contributed by atoms with E-state index in [1.54, 1.807) is 24.5 Å². The number of pyridine rings is 1. The second kappa shape index (κ2) is 6.04. The average Bonchev–Trinajstić information content (AvgIpc) is 2.40. The number of rotatable bonds is 4. The Bertz CT molecular complexity index is 561. The molecule has 1 aromatic carbocycles. The van der Waals surface area contributed by atoms with Crippen molar-refractivity contribution in [2.75, 3.05) is 11.9 Å². The van der Waals surface area contributed by atoms with Gasteiger partial charge >= 0.3 is 0 Å². The number of nitrogens with zero attached hydrogens (tertiary/aromatic N) is 2. The highest BCUT2D eigenvalue weighted by Crippen LogP contribution is 2.20. The van der Waals surface area contributed by atoms with Crippen LogP contribution in [0.1, 0.15) is 11.1 Å². The van der Waals surface area contributed by atoms with Crippen molar-refractivity contribution < 1.29 is 0 Å². The summed E-state index contributed by atoms with van der Waals surface area (Å²) >= 11 is 5.95. The first-order valence-corrected chi connectivity index (χ1v) is 6.00. The van der Waals surface area contributed by atoms with Gasteiger partial charge in [0.15, 0.2) is 0 Å². The molecule has 0 spiro atoms. The fraction of sp³-hybridized carbons (Fsp3) is 0.143. The molecule has 4 heteroatoms. The van der Waals surface area contributed by atoms with Gasteiger partial charge in [-0.05, 0) is 42.3 Å². The van der Waals surface area contributed by atoms with Crippen LogP contribution in [-0.2, 0) is 6.42 Å². The molecule has 1 heterocycles. The monoisotopic (exact) mass is 257 g/mol. The molecule has 0 fully saturated rings. The Morgan fingerprint density at radius 1 is 1.22 bits per heavy atom.